The van der Waals surface area contributed by atoms with Crippen LogP contribution in [0.2, 0.25) is 5.02 Å². The first-order chi connectivity index (χ1) is 13.6. The van der Waals surface area contributed by atoms with Crippen molar-refractivity contribution >= 4 is 23.2 Å². The number of hydrogen-bond acceptors (Lipinski definition) is 4. The highest BCUT2D eigenvalue weighted by atomic mass is 35.5. The van der Waals surface area contributed by atoms with Gasteiger partial charge in [0, 0.05) is 16.1 Å². The molecule has 0 amide bonds. The Kier molecular flexibility index (Phi) is 4.84. The highest BCUT2D eigenvalue weighted by Gasteiger charge is 2.21. The predicted molar refractivity (Wildman–Crippen MR) is 110 cm³/mol. The number of aromatic nitrogens is 3. The summed E-state index contributed by atoms with van der Waals surface area (Å²) in [6, 6.07) is 19.0. The number of nitrogens with zero attached hydrogens (tertiary/aromatic N) is 3. The van der Waals surface area contributed by atoms with Crippen molar-refractivity contribution in [2.24, 2.45) is 0 Å². The molecule has 2 heterocycles. The van der Waals surface area contributed by atoms with Crippen LogP contribution in [-0.4, -0.2) is 27.2 Å². The van der Waals surface area contributed by atoms with E-state index in [-0.39, 0.29) is 12.3 Å². The van der Waals surface area contributed by atoms with Gasteiger partial charge in [-0.25, -0.2) is 14.3 Å². The molecular formula is C22H18ClN3O2. The third-order valence-corrected chi connectivity index (χ3v) is 4.79. The molecule has 0 unspecified atom stereocenters. The van der Waals surface area contributed by atoms with Crippen LogP contribution in [0.25, 0.3) is 28.0 Å². The van der Waals surface area contributed by atoms with E-state index in [2.05, 4.69) is 4.98 Å². The minimum absolute atomic E-state index is 0.223. The Morgan fingerprint density at radius 2 is 1.82 bits per heavy atom. The number of benzene rings is 2. The predicted octanol–water partition coefficient (Wildman–Crippen LogP) is 5.20. The summed E-state index contributed by atoms with van der Waals surface area (Å²) in [5.41, 5.74) is 4.93. The van der Waals surface area contributed by atoms with Gasteiger partial charge in [0.05, 0.1) is 18.0 Å². The van der Waals surface area contributed by atoms with E-state index in [0.717, 1.165) is 22.4 Å². The molecule has 5 nitrogen and oxygen atoms in total. The molecule has 0 atom stereocenters. The van der Waals surface area contributed by atoms with Crippen LogP contribution in [0.5, 0.6) is 0 Å². The number of carbonyl (C=O) groups is 1. The minimum atomic E-state index is -0.476. The largest absolute Gasteiger partial charge is 0.461 e. The highest BCUT2D eigenvalue weighted by Crippen LogP contribution is 2.33. The van der Waals surface area contributed by atoms with E-state index < -0.39 is 5.97 Å². The second-order valence-corrected chi connectivity index (χ2v) is 6.70. The Hall–Kier alpha value is -3.18. The molecule has 4 rings (SSSR count). The van der Waals surface area contributed by atoms with Crippen LogP contribution < -0.4 is 0 Å². The summed E-state index contributed by atoms with van der Waals surface area (Å²) >= 11 is 6.44. The number of ether oxygens (including phenoxy) is 1. The van der Waals surface area contributed by atoms with E-state index >= 15 is 0 Å². The van der Waals surface area contributed by atoms with Gasteiger partial charge in [0.2, 0.25) is 0 Å². The van der Waals surface area contributed by atoms with Gasteiger partial charge in [0.1, 0.15) is 0 Å². The van der Waals surface area contributed by atoms with Gasteiger partial charge >= 0.3 is 5.97 Å². The summed E-state index contributed by atoms with van der Waals surface area (Å²) in [5.74, 6) is -0.476. The molecule has 0 saturated heterocycles. The molecule has 0 aliphatic rings. The fraction of sp³-hybridized carbons (Fsp3) is 0.136. The van der Waals surface area contributed by atoms with Crippen LogP contribution in [0.3, 0.4) is 0 Å². The van der Waals surface area contributed by atoms with Crippen molar-refractivity contribution in [3.8, 4) is 22.4 Å². The summed E-state index contributed by atoms with van der Waals surface area (Å²) in [7, 11) is 0. The molecule has 140 valence electrons. The number of esters is 1. The van der Waals surface area contributed by atoms with Crippen molar-refractivity contribution in [3.63, 3.8) is 0 Å². The summed E-state index contributed by atoms with van der Waals surface area (Å²) in [5, 5.41) is 5.27. The molecule has 0 spiro atoms. The normalized spacial score (nSPS) is 11.0. The molecule has 0 aliphatic carbocycles. The zero-order chi connectivity index (χ0) is 19.7. The quantitative estimate of drug-likeness (QED) is 0.448. The third-order valence-electron chi connectivity index (χ3n) is 4.46. The molecule has 0 bridgehead atoms. The third kappa shape index (κ3) is 3.14. The van der Waals surface area contributed by atoms with Crippen LogP contribution in [0.15, 0.2) is 60.7 Å². The van der Waals surface area contributed by atoms with Crippen molar-refractivity contribution in [2.45, 2.75) is 13.8 Å². The molecule has 0 radical (unpaired) electrons. The van der Waals surface area contributed by atoms with E-state index in [4.69, 9.17) is 21.4 Å². The number of rotatable bonds is 4. The Bertz CT molecular complexity index is 1170. The smallest absolute Gasteiger partial charge is 0.357 e. The Morgan fingerprint density at radius 1 is 1.11 bits per heavy atom. The lowest BCUT2D eigenvalue weighted by Gasteiger charge is -2.10. The number of carbonyl (C=O) groups excluding carboxylic acids is 1. The topological polar surface area (TPSA) is 56.5 Å². The van der Waals surface area contributed by atoms with E-state index in [1.54, 1.807) is 17.5 Å². The van der Waals surface area contributed by atoms with Gasteiger partial charge in [-0.2, -0.15) is 5.10 Å². The van der Waals surface area contributed by atoms with E-state index in [9.17, 15) is 4.79 Å². The minimum Gasteiger partial charge on any atom is -0.461 e. The van der Waals surface area contributed by atoms with Crippen LogP contribution >= 0.6 is 11.6 Å². The number of aryl methyl sites for hydroxylation is 1. The Balaban J connectivity index is 2.06. The monoisotopic (exact) mass is 391 g/mol. The molecule has 0 aliphatic heterocycles. The van der Waals surface area contributed by atoms with Gasteiger partial charge in [-0.15, -0.1) is 0 Å². The SMILES string of the molecule is CCOC(=O)c1cc(-c2ccccc2Cl)n2nc(C)c(-c3ccccc3)c2n1. The summed E-state index contributed by atoms with van der Waals surface area (Å²) in [4.78, 5) is 17.1. The van der Waals surface area contributed by atoms with Crippen molar-refractivity contribution < 1.29 is 9.53 Å². The van der Waals surface area contributed by atoms with Crippen LogP contribution in [0.1, 0.15) is 23.1 Å². The maximum atomic E-state index is 12.5. The van der Waals surface area contributed by atoms with E-state index in [1.807, 2.05) is 61.5 Å². The summed E-state index contributed by atoms with van der Waals surface area (Å²) < 4.78 is 6.92. The van der Waals surface area contributed by atoms with Crippen molar-refractivity contribution in [2.75, 3.05) is 6.61 Å². The van der Waals surface area contributed by atoms with Gasteiger partial charge in [0.15, 0.2) is 11.3 Å². The van der Waals surface area contributed by atoms with Gasteiger partial charge in [-0.3, -0.25) is 0 Å². The van der Waals surface area contributed by atoms with Gasteiger partial charge in [-0.05, 0) is 31.5 Å². The van der Waals surface area contributed by atoms with E-state index in [0.29, 0.717) is 16.4 Å². The first-order valence-electron chi connectivity index (χ1n) is 8.98. The highest BCUT2D eigenvalue weighted by molar-refractivity contribution is 6.33. The number of hydrogen-bond donors (Lipinski definition) is 0. The molecular weight excluding hydrogens is 374 g/mol. The zero-order valence-electron chi connectivity index (χ0n) is 15.5. The molecule has 4 aromatic rings. The van der Waals surface area contributed by atoms with Crippen LogP contribution in [0, 0.1) is 6.92 Å². The van der Waals surface area contributed by atoms with Gasteiger partial charge in [-0.1, -0.05) is 60.1 Å². The van der Waals surface area contributed by atoms with Crippen molar-refractivity contribution in [1.82, 2.24) is 14.6 Å². The van der Waals surface area contributed by atoms with Gasteiger partial charge < -0.3 is 4.74 Å². The summed E-state index contributed by atoms with van der Waals surface area (Å²) in [6.07, 6.45) is 0. The molecule has 2 aromatic carbocycles. The fourth-order valence-corrected chi connectivity index (χ4v) is 3.47. The maximum absolute atomic E-state index is 12.5. The maximum Gasteiger partial charge on any atom is 0.357 e. The van der Waals surface area contributed by atoms with Crippen LogP contribution in [-0.2, 0) is 4.74 Å². The fourth-order valence-electron chi connectivity index (χ4n) is 3.24. The lowest BCUT2D eigenvalue weighted by atomic mass is 10.1. The first-order valence-corrected chi connectivity index (χ1v) is 9.35. The molecule has 6 heteroatoms. The first kappa shape index (κ1) is 18.2. The average molecular weight is 392 g/mol. The molecule has 0 N–H and O–H groups in total. The lowest BCUT2D eigenvalue weighted by molar-refractivity contribution is 0.0519. The Morgan fingerprint density at radius 3 is 2.54 bits per heavy atom. The standard InChI is InChI=1S/C22H18ClN3O2/c1-3-28-22(27)18-13-19(16-11-7-8-12-17(16)23)26-21(24-18)20(14(2)25-26)15-9-5-4-6-10-15/h4-13H,3H2,1-2H3. The lowest BCUT2D eigenvalue weighted by Crippen LogP contribution is -2.10. The van der Waals surface area contributed by atoms with Crippen LogP contribution in [0.4, 0.5) is 0 Å². The van der Waals surface area contributed by atoms with Crippen molar-refractivity contribution in [1.29, 1.82) is 0 Å². The molecule has 0 saturated carbocycles. The number of halogens is 1. The number of fused-ring (bicyclic) bond motifs is 1. The molecule has 0 fully saturated rings. The molecule has 2 aromatic heterocycles. The van der Waals surface area contributed by atoms with Crippen molar-refractivity contribution in [3.05, 3.63) is 77.1 Å². The second-order valence-electron chi connectivity index (χ2n) is 6.29. The Labute approximate surface area is 167 Å². The molecule has 28 heavy (non-hydrogen) atoms. The average Bonchev–Trinajstić information content (AvgIpc) is 3.04. The summed E-state index contributed by atoms with van der Waals surface area (Å²) in [6.45, 7) is 3.97. The van der Waals surface area contributed by atoms with E-state index in [1.165, 1.54) is 0 Å². The van der Waals surface area contributed by atoms with Gasteiger partial charge in [0.25, 0.3) is 0 Å². The second kappa shape index (κ2) is 7.44. The zero-order valence-corrected chi connectivity index (χ0v) is 16.3.